The van der Waals surface area contributed by atoms with E-state index >= 15 is 0 Å². The summed E-state index contributed by atoms with van der Waals surface area (Å²) in [6.45, 7) is 1.48. The third-order valence-corrected chi connectivity index (χ3v) is 3.39. The molecule has 6 nitrogen and oxygen atoms in total. The Morgan fingerprint density at radius 1 is 1.62 bits per heavy atom. The molecule has 2 heterocycles. The van der Waals surface area contributed by atoms with Gasteiger partial charge in [0.25, 0.3) is 0 Å². The van der Waals surface area contributed by atoms with Crippen molar-refractivity contribution in [3.05, 3.63) is 6.33 Å². The van der Waals surface area contributed by atoms with Crippen molar-refractivity contribution in [2.45, 2.75) is 24.0 Å². The van der Waals surface area contributed by atoms with Crippen LogP contribution in [0.1, 0.15) is 18.9 Å². The van der Waals surface area contributed by atoms with Crippen molar-refractivity contribution < 1.29 is 14.6 Å². The van der Waals surface area contributed by atoms with E-state index in [1.807, 2.05) is 4.57 Å². The standard InChI is InChI=1S/C9H13N3O3S/c13-8(14)5-16-9-11-10-6-12(9)7-1-3-15-4-2-7/h6-7H,1-5H2,(H,13,14). The molecule has 0 unspecified atom stereocenters. The van der Waals surface area contributed by atoms with E-state index in [1.165, 1.54) is 11.8 Å². The Labute approximate surface area is 97.0 Å². The lowest BCUT2D eigenvalue weighted by Gasteiger charge is -2.23. The predicted octanol–water partition coefficient (Wildman–Crippen LogP) is 0.806. The van der Waals surface area contributed by atoms with E-state index in [9.17, 15) is 4.79 Å². The second-order valence-corrected chi connectivity index (χ2v) is 4.49. The number of carboxylic acids is 1. The molecule has 0 radical (unpaired) electrons. The summed E-state index contributed by atoms with van der Waals surface area (Å²) in [6.07, 6.45) is 3.53. The van der Waals surface area contributed by atoms with Crippen molar-refractivity contribution in [3.8, 4) is 0 Å². The summed E-state index contributed by atoms with van der Waals surface area (Å²) >= 11 is 1.20. The van der Waals surface area contributed by atoms with Crippen molar-refractivity contribution in [3.63, 3.8) is 0 Å². The van der Waals surface area contributed by atoms with Crippen LogP contribution in [0.2, 0.25) is 0 Å². The van der Waals surface area contributed by atoms with Gasteiger partial charge in [0.15, 0.2) is 5.16 Å². The van der Waals surface area contributed by atoms with Gasteiger partial charge in [-0.25, -0.2) is 0 Å². The number of hydrogen-bond donors (Lipinski definition) is 1. The second-order valence-electron chi connectivity index (χ2n) is 3.55. The van der Waals surface area contributed by atoms with Gasteiger partial charge in [-0.3, -0.25) is 4.79 Å². The summed E-state index contributed by atoms with van der Waals surface area (Å²) in [5, 5.41) is 17.1. The average molecular weight is 243 g/mol. The Hall–Kier alpha value is -1.08. The number of carbonyl (C=O) groups is 1. The molecule has 0 saturated carbocycles. The lowest BCUT2D eigenvalue weighted by Crippen LogP contribution is -2.19. The zero-order valence-electron chi connectivity index (χ0n) is 8.70. The van der Waals surface area contributed by atoms with Crippen LogP contribution in [0.15, 0.2) is 11.5 Å². The molecule has 88 valence electrons. The van der Waals surface area contributed by atoms with Gasteiger partial charge in [-0.1, -0.05) is 11.8 Å². The van der Waals surface area contributed by atoms with Gasteiger partial charge in [-0.05, 0) is 12.8 Å². The minimum atomic E-state index is -0.841. The van der Waals surface area contributed by atoms with Gasteiger partial charge in [-0.2, -0.15) is 0 Å². The first-order valence-electron chi connectivity index (χ1n) is 5.09. The Kier molecular flexibility index (Phi) is 3.79. The van der Waals surface area contributed by atoms with Gasteiger partial charge in [-0.15, -0.1) is 10.2 Å². The molecular formula is C9H13N3O3S. The van der Waals surface area contributed by atoms with Crippen molar-refractivity contribution in [2.75, 3.05) is 19.0 Å². The summed E-state index contributed by atoms with van der Waals surface area (Å²) in [4.78, 5) is 10.5. The maximum absolute atomic E-state index is 10.5. The van der Waals surface area contributed by atoms with E-state index in [0.717, 1.165) is 26.1 Å². The second kappa shape index (κ2) is 5.31. The zero-order valence-corrected chi connectivity index (χ0v) is 9.52. The van der Waals surface area contributed by atoms with E-state index < -0.39 is 5.97 Å². The molecule has 7 heteroatoms. The monoisotopic (exact) mass is 243 g/mol. The van der Waals surface area contributed by atoms with Crippen LogP contribution in [-0.4, -0.2) is 44.8 Å². The minimum absolute atomic E-state index is 0.0158. The van der Waals surface area contributed by atoms with Gasteiger partial charge >= 0.3 is 5.97 Å². The van der Waals surface area contributed by atoms with Crippen LogP contribution in [0.5, 0.6) is 0 Å². The van der Waals surface area contributed by atoms with Crippen molar-refractivity contribution in [1.82, 2.24) is 14.8 Å². The molecule has 1 fully saturated rings. The summed E-state index contributed by atoms with van der Waals surface area (Å²) in [5.74, 6) is -0.825. The number of thioether (sulfide) groups is 1. The summed E-state index contributed by atoms with van der Waals surface area (Å²) < 4.78 is 7.24. The van der Waals surface area contributed by atoms with Gasteiger partial charge in [0, 0.05) is 19.3 Å². The first-order chi connectivity index (χ1) is 7.77. The third kappa shape index (κ3) is 2.73. The number of aliphatic carboxylic acids is 1. The Bertz CT molecular complexity index is 363. The van der Waals surface area contributed by atoms with Crippen LogP contribution in [-0.2, 0) is 9.53 Å². The maximum Gasteiger partial charge on any atom is 0.313 e. The van der Waals surface area contributed by atoms with Gasteiger partial charge in [0.1, 0.15) is 6.33 Å². The first kappa shape index (κ1) is 11.4. The summed E-state index contributed by atoms with van der Waals surface area (Å²) in [7, 11) is 0. The molecule has 0 bridgehead atoms. The Morgan fingerprint density at radius 2 is 2.38 bits per heavy atom. The molecule has 1 N–H and O–H groups in total. The Morgan fingerprint density at radius 3 is 3.06 bits per heavy atom. The Balaban J connectivity index is 2.02. The normalized spacial score (nSPS) is 17.5. The molecule has 0 amide bonds. The molecule has 1 aromatic rings. The maximum atomic E-state index is 10.5. The van der Waals surface area contributed by atoms with Crippen LogP contribution in [0, 0.1) is 0 Å². The highest BCUT2D eigenvalue weighted by Gasteiger charge is 2.19. The van der Waals surface area contributed by atoms with E-state index in [0.29, 0.717) is 11.2 Å². The molecule has 0 aliphatic carbocycles. The van der Waals surface area contributed by atoms with E-state index in [-0.39, 0.29) is 5.75 Å². The van der Waals surface area contributed by atoms with Crippen molar-refractivity contribution in [2.24, 2.45) is 0 Å². The fraction of sp³-hybridized carbons (Fsp3) is 0.667. The number of hydrogen-bond acceptors (Lipinski definition) is 5. The summed E-state index contributed by atoms with van der Waals surface area (Å²) in [5.41, 5.74) is 0. The number of aromatic nitrogens is 3. The van der Waals surface area contributed by atoms with Crippen LogP contribution in [0.3, 0.4) is 0 Å². The van der Waals surface area contributed by atoms with Gasteiger partial charge in [0.05, 0.1) is 5.75 Å². The molecule has 0 aromatic carbocycles. The zero-order chi connectivity index (χ0) is 11.4. The molecule has 0 atom stereocenters. The predicted molar refractivity (Wildman–Crippen MR) is 57.5 cm³/mol. The number of ether oxygens (including phenoxy) is 1. The summed E-state index contributed by atoms with van der Waals surface area (Å²) in [6, 6.07) is 0.333. The van der Waals surface area contributed by atoms with Gasteiger partial charge in [0.2, 0.25) is 0 Å². The molecule has 1 aromatic heterocycles. The molecule has 1 aliphatic rings. The quantitative estimate of drug-likeness (QED) is 0.788. The first-order valence-corrected chi connectivity index (χ1v) is 6.08. The molecule has 2 rings (SSSR count). The van der Waals surface area contributed by atoms with E-state index in [4.69, 9.17) is 9.84 Å². The SMILES string of the molecule is O=C(O)CSc1nncn1C1CCOCC1. The number of carboxylic acid groups (broad SMARTS) is 1. The van der Waals surface area contributed by atoms with Crippen molar-refractivity contribution >= 4 is 17.7 Å². The fourth-order valence-electron chi connectivity index (χ4n) is 1.68. The minimum Gasteiger partial charge on any atom is -0.481 e. The van der Waals surface area contributed by atoms with E-state index in [2.05, 4.69) is 10.2 Å². The van der Waals surface area contributed by atoms with Gasteiger partial charge < -0.3 is 14.4 Å². The highest BCUT2D eigenvalue weighted by atomic mass is 32.2. The highest BCUT2D eigenvalue weighted by molar-refractivity contribution is 7.99. The number of rotatable bonds is 4. The largest absolute Gasteiger partial charge is 0.481 e. The topological polar surface area (TPSA) is 77.2 Å². The van der Waals surface area contributed by atoms with Crippen LogP contribution >= 0.6 is 11.8 Å². The molecule has 16 heavy (non-hydrogen) atoms. The van der Waals surface area contributed by atoms with E-state index in [1.54, 1.807) is 6.33 Å². The lowest BCUT2D eigenvalue weighted by molar-refractivity contribution is -0.133. The molecule has 1 aliphatic heterocycles. The molecule has 1 saturated heterocycles. The highest BCUT2D eigenvalue weighted by Crippen LogP contribution is 2.25. The van der Waals surface area contributed by atoms with Crippen LogP contribution in [0.4, 0.5) is 0 Å². The average Bonchev–Trinajstić information content (AvgIpc) is 2.75. The van der Waals surface area contributed by atoms with Crippen LogP contribution < -0.4 is 0 Å². The third-order valence-electron chi connectivity index (χ3n) is 2.45. The lowest BCUT2D eigenvalue weighted by atomic mass is 10.1. The fourth-order valence-corrected chi connectivity index (χ4v) is 2.38. The van der Waals surface area contributed by atoms with Crippen molar-refractivity contribution in [1.29, 1.82) is 0 Å². The smallest absolute Gasteiger partial charge is 0.313 e. The molecule has 0 spiro atoms. The number of nitrogens with zero attached hydrogens (tertiary/aromatic N) is 3. The molecular weight excluding hydrogens is 230 g/mol. The van der Waals surface area contributed by atoms with Crippen LogP contribution in [0.25, 0.3) is 0 Å².